The van der Waals surface area contributed by atoms with Gasteiger partial charge in [0.25, 0.3) is 0 Å². The van der Waals surface area contributed by atoms with E-state index in [1.54, 1.807) is 0 Å². The predicted octanol–water partition coefficient (Wildman–Crippen LogP) is 4.44. The van der Waals surface area contributed by atoms with Gasteiger partial charge < -0.3 is 0 Å². The lowest BCUT2D eigenvalue weighted by molar-refractivity contribution is 0.372. The first kappa shape index (κ1) is 17.3. The van der Waals surface area contributed by atoms with Gasteiger partial charge in [0.1, 0.15) is 5.82 Å². The molecule has 0 saturated carbocycles. The first-order chi connectivity index (χ1) is 10.7. The summed E-state index contributed by atoms with van der Waals surface area (Å²) in [5.41, 5.74) is -0.975. The maximum Gasteiger partial charge on any atom is 0.200 e. The third-order valence-electron chi connectivity index (χ3n) is 3.02. The van der Waals surface area contributed by atoms with E-state index in [0.29, 0.717) is 0 Å². The van der Waals surface area contributed by atoms with Crippen LogP contribution in [0.2, 0.25) is 0 Å². The summed E-state index contributed by atoms with van der Waals surface area (Å²) >= 11 is 0. The summed E-state index contributed by atoms with van der Waals surface area (Å²) in [5.74, 6) is -12.1. The van der Waals surface area contributed by atoms with Crippen LogP contribution in [0.25, 0.3) is 4.91 Å². The number of hydrogen-bond donors (Lipinski definition) is 0. The van der Waals surface area contributed by atoms with Gasteiger partial charge in [-0.15, -0.1) is 0 Å². The van der Waals surface area contributed by atoms with Crippen LogP contribution in [0.15, 0.2) is 30.8 Å². The molecule has 0 aliphatic heterocycles. The lowest BCUT2D eigenvalue weighted by Gasteiger charge is -2.10. The average molecular weight is 350 g/mol. The van der Waals surface area contributed by atoms with Crippen molar-refractivity contribution in [2.45, 2.75) is 5.75 Å². The van der Waals surface area contributed by atoms with Crippen LogP contribution in [0, 0.1) is 34.9 Å². The van der Waals surface area contributed by atoms with E-state index in [1.165, 1.54) is 12.1 Å². The van der Waals surface area contributed by atoms with Crippen LogP contribution in [-0.2, 0) is 16.6 Å². The van der Waals surface area contributed by atoms with Gasteiger partial charge in [0.2, 0.25) is 5.82 Å². The maximum atomic E-state index is 13.5. The number of benzene rings is 2. The number of halogens is 6. The monoisotopic (exact) mass is 350 g/mol. The molecule has 0 fully saturated rings. The Morgan fingerprint density at radius 1 is 0.826 bits per heavy atom. The first-order valence-corrected chi connectivity index (χ1v) is 7.39. The fraction of sp³-hybridized carbons (Fsp3) is 0.0667. The molecule has 0 heterocycles. The molecular formula is C15H8F6OS. The standard InChI is InChI=1S/C15H8F6OS/c1-7(8-2-4-9(16)5-3-8)23(22)6-10-11(17)13(19)15(21)14(20)12(10)18/h2-5H,1,6H2. The van der Waals surface area contributed by atoms with Gasteiger partial charge in [-0.2, -0.15) is 0 Å². The summed E-state index contributed by atoms with van der Waals surface area (Å²) in [7, 11) is -2.17. The van der Waals surface area contributed by atoms with Crippen LogP contribution in [0.1, 0.15) is 11.1 Å². The van der Waals surface area contributed by atoms with E-state index in [0.717, 1.165) is 12.1 Å². The zero-order chi connectivity index (χ0) is 17.3. The largest absolute Gasteiger partial charge is 0.254 e. The molecule has 122 valence electrons. The Morgan fingerprint density at radius 2 is 1.26 bits per heavy atom. The molecule has 1 nitrogen and oxygen atoms in total. The van der Waals surface area contributed by atoms with Crippen molar-refractivity contribution in [3.05, 3.63) is 76.9 Å². The minimum atomic E-state index is -2.29. The third-order valence-corrected chi connectivity index (χ3v) is 4.35. The Morgan fingerprint density at radius 3 is 1.74 bits per heavy atom. The minimum absolute atomic E-state index is 0.131. The minimum Gasteiger partial charge on any atom is -0.254 e. The van der Waals surface area contributed by atoms with Gasteiger partial charge in [-0.25, -0.2) is 26.3 Å². The van der Waals surface area contributed by atoms with E-state index in [1.807, 2.05) is 0 Å². The molecule has 0 radical (unpaired) electrons. The molecular weight excluding hydrogens is 342 g/mol. The molecule has 1 unspecified atom stereocenters. The Kier molecular flexibility index (Phi) is 4.93. The molecule has 0 amide bonds. The van der Waals surface area contributed by atoms with Crippen molar-refractivity contribution in [1.29, 1.82) is 0 Å². The highest BCUT2D eigenvalue weighted by molar-refractivity contribution is 7.93. The Bertz CT molecular complexity index is 772. The van der Waals surface area contributed by atoms with Gasteiger partial charge in [-0.1, -0.05) is 18.7 Å². The van der Waals surface area contributed by atoms with Crippen LogP contribution in [0.5, 0.6) is 0 Å². The summed E-state index contributed by atoms with van der Waals surface area (Å²) in [6, 6.07) is 4.56. The lowest BCUT2D eigenvalue weighted by Crippen LogP contribution is -2.10. The number of hydrogen-bond acceptors (Lipinski definition) is 1. The van der Waals surface area contributed by atoms with E-state index in [4.69, 9.17) is 0 Å². The normalized spacial score (nSPS) is 12.3. The van der Waals surface area contributed by atoms with Crippen molar-refractivity contribution in [1.82, 2.24) is 0 Å². The molecule has 0 aliphatic carbocycles. The molecule has 2 aromatic carbocycles. The zero-order valence-corrected chi connectivity index (χ0v) is 12.1. The molecule has 8 heteroatoms. The molecule has 2 rings (SSSR count). The van der Waals surface area contributed by atoms with Crippen molar-refractivity contribution < 1.29 is 30.6 Å². The zero-order valence-electron chi connectivity index (χ0n) is 11.3. The smallest absolute Gasteiger partial charge is 0.200 e. The van der Waals surface area contributed by atoms with Gasteiger partial charge in [0.15, 0.2) is 23.3 Å². The second-order valence-electron chi connectivity index (χ2n) is 4.47. The molecule has 0 bridgehead atoms. The predicted molar refractivity (Wildman–Crippen MR) is 73.5 cm³/mol. The molecule has 0 saturated heterocycles. The summed E-state index contributed by atoms with van der Waals surface area (Å²) in [5, 5.41) is 0. The second-order valence-corrected chi connectivity index (χ2v) is 5.94. The Labute approximate surface area is 129 Å². The fourth-order valence-electron chi connectivity index (χ4n) is 1.76. The van der Waals surface area contributed by atoms with Crippen LogP contribution in [0.3, 0.4) is 0 Å². The van der Waals surface area contributed by atoms with Crippen LogP contribution < -0.4 is 0 Å². The summed E-state index contributed by atoms with van der Waals surface area (Å²) in [6.07, 6.45) is 0. The molecule has 2 aromatic rings. The van der Waals surface area contributed by atoms with Gasteiger partial charge in [0, 0.05) is 10.5 Å². The highest BCUT2D eigenvalue weighted by Gasteiger charge is 2.27. The van der Waals surface area contributed by atoms with Gasteiger partial charge in [-0.3, -0.25) is 4.21 Å². The van der Waals surface area contributed by atoms with Gasteiger partial charge >= 0.3 is 0 Å². The quantitative estimate of drug-likeness (QED) is 0.453. The second kappa shape index (κ2) is 6.57. The highest BCUT2D eigenvalue weighted by atomic mass is 32.2. The molecule has 0 aliphatic rings. The third kappa shape index (κ3) is 3.31. The summed E-state index contributed by atoms with van der Waals surface area (Å²) in [6.45, 7) is 3.44. The van der Waals surface area contributed by atoms with Crippen molar-refractivity contribution in [2.75, 3.05) is 0 Å². The highest BCUT2D eigenvalue weighted by Crippen LogP contribution is 2.27. The van der Waals surface area contributed by atoms with Crippen LogP contribution in [0.4, 0.5) is 26.3 Å². The average Bonchev–Trinajstić information content (AvgIpc) is 2.55. The van der Waals surface area contributed by atoms with Gasteiger partial charge in [-0.05, 0) is 17.7 Å². The van der Waals surface area contributed by atoms with Crippen molar-refractivity contribution in [3.63, 3.8) is 0 Å². The first-order valence-electron chi connectivity index (χ1n) is 6.07. The summed E-state index contributed by atoms with van der Waals surface area (Å²) < 4.78 is 91.1. The molecule has 1 atom stereocenters. The SMILES string of the molecule is C=C(c1ccc(F)cc1)S(=O)Cc1c(F)c(F)c(F)c(F)c1F. The van der Waals surface area contributed by atoms with E-state index in [-0.39, 0.29) is 10.5 Å². The topological polar surface area (TPSA) is 17.1 Å². The molecule has 23 heavy (non-hydrogen) atoms. The fourth-order valence-corrected chi connectivity index (χ4v) is 2.85. The van der Waals surface area contributed by atoms with E-state index in [2.05, 4.69) is 6.58 Å². The van der Waals surface area contributed by atoms with E-state index < -0.39 is 57.0 Å². The van der Waals surface area contributed by atoms with Gasteiger partial charge in [0.05, 0.1) is 16.6 Å². The lowest BCUT2D eigenvalue weighted by atomic mass is 10.2. The van der Waals surface area contributed by atoms with Crippen molar-refractivity contribution in [2.24, 2.45) is 0 Å². The molecule has 0 spiro atoms. The van der Waals surface area contributed by atoms with Crippen molar-refractivity contribution in [3.8, 4) is 0 Å². The molecule has 0 aromatic heterocycles. The maximum absolute atomic E-state index is 13.5. The Balaban J connectivity index is 2.34. The summed E-state index contributed by atoms with van der Waals surface area (Å²) in [4.78, 5) is -0.131. The molecule has 0 N–H and O–H groups in total. The van der Waals surface area contributed by atoms with Crippen LogP contribution >= 0.6 is 0 Å². The Hall–Kier alpha value is -2.09. The van der Waals surface area contributed by atoms with E-state index in [9.17, 15) is 30.6 Å². The van der Waals surface area contributed by atoms with Crippen LogP contribution in [-0.4, -0.2) is 4.21 Å². The van der Waals surface area contributed by atoms with Crippen molar-refractivity contribution >= 4 is 15.7 Å². The van der Waals surface area contributed by atoms with E-state index >= 15 is 0 Å². The number of rotatable bonds is 4.